The number of hydrogen-bond donors (Lipinski definition) is 4. The summed E-state index contributed by atoms with van der Waals surface area (Å²) in [4.78, 5) is 12.4. The number of rotatable bonds is 1. The average Bonchev–Trinajstić information content (AvgIpc) is 2.45. The Bertz CT molecular complexity index is 802. The number of ether oxygens (including phenoxy) is 1. The number of ketones is 1. The zero-order chi connectivity index (χ0) is 17.0. The molecule has 1 heterocycles. The fourth-order valence-electron chi connectivity index (χ4n) is 2.08. The van der Waals surface area contributed by atoms with Crippen molar-refractivity contribution in [1.82, 2.24) is 0 Å². The molecule has 0 amide bonds. The summed E-state index contributed by atoms with van der Waals surface area (Å²) in [5.41, 5.74) is -0.545. The molecule has 2 atom stereocenters. The molecule has 6 heteroatoms. The first-order valence-corrected chi connectivity index (χ1v) is 5.98. The van der Waals surface area contributed by atoms with Gasteiger partial charge in [0, 0.05) is 12.1 Å². The van der Waals surface area contributed by atoms with Crippen LogP contribution in [-0.4, -0.2) is 32.3 Å². The molecule has 1 aliphatic heterocycles. The monoisotopic (exact) mass is 290 g/mol. The Morgan fingerprint density at radius 1 is 1.05 bits per heavy atom. The third kappa shape index (κ3) is 2.15. The highest BCUT2D eigenvalue weighted by Crippen LogP contribution is 2.41. The smallest absolute Gasteiger partial charge is 0.202 e. The van der Waals surface area contributed by atoms with Gasteiger partial charge < -0.3 is 25.2 Å². The Kier molecular flexibility index (Phi) is 2.45. The number of carbonyl (C=O) groups is 1. The fourth-order valence-corrected chi connectivity index (χ4v) is 2.08. The molecule has 2 unspecified atom stereocenters. The van der Waals surface area contributed by atoms with Gasteiger partial charge in [0.1, 0.15) is 28.6 Å². The lowest BCUT2D eigenvalue weighted by molar-refractivity contribution is 0.0210. The van der Waals surface area contributed by atoms with Gasteiger partial charge in [-0.15, -0.1) is 0 Å². The van der Waals surface area contributed by atoms with E-state index in [2.05, 4.69) is 0 Å². The van der Waals surface area contributed by atoms with Gasteiger partial charge in [-0.2, -0.15) is 0 Å². The van der Waals surface area contributed by atoms with Gasteiger partial charge in [0.25, 0.3) is 0 Å². The summed E-state index contributed by atoms with van der Waals surface area (Å²) in [6, 6.07) is 6.75. The molecule has 6 nitrogen and oxygen atoms in total. The summed E-state index contributed by atoms with van der Waals surface area (Å²) in [6.07, 6.45) is -5.60. The Morgan fingerprint density at radius 2 is 1.71 bits per heavy atom. The molecule has 2 aromatic rings. The van der Waals surface area contributed by atoms with Crippen molar-refractivity contribution in [1.29, 1.82) is 0 Å². The molecule has 0 saturated carbocycles. The minimum Gasteiger partial charge on any atom is -0.508 e. The summed E-state index contributed by atoms with van der Waals surface area (Å²) in [5.74, 6) is -2.74. The summed E-state index contributed by atoms with van der Waals surface area (Å²) >= 11 is 0. The average molecular weight is 290 g/mol. The molecule has 0 aromatic heterocycles. The zero-order valence-corrected chi connectivity index (χ0v) is 10.6. The summed E-state index contributed by atoms with van der Waals surface area (Å²) < 4.78 is 21.5. The van der Waals surface area contributed by atoms with Crippen LogP contribution in [-0.2, 0) is 0 Å². The van der Waals surface area contributed by atoms with Crippen LogP contribution in [0.2, 0.25) is 0 Å². The van der Waals surface area contributed by atoms with Crippen LogP contribution < -0.4 is 4.74 Å². The summed E-state index contributed by atoms with van der Waals surface area (Å²) in [6.45, 7) is 0. The van der Waals surface area contributed by atoms with Gasteiger partial charge in [0.05, 0.1) is 2.74 Å². The van der Waals surface area contributed by atoms with Crippen LogP contribution in [0.3, 0.4) is 0 Å². The highest BCUT2D eigenvalue weighted by Gasteiger charge is 2.39. The van der Waals surface area contributed by atoms with E-state index in [9.17, 15) is 25.2 Å². The lowest BCUT2D eigenvalue weighted by Crippen LogP contribution is -2.36. The number of fused-ring (bicyclic) bond motifs is 1. The van der Waals surface area contributed by atoms with E-state index >= 15 is 0 Å². The number of aliphatic hydroxyl groups is 1. The Morgan fingerprint density at radius 3 is 2.38 bits per heavy atom. The number of phenolic OH excluding ortho intramolecular Hbond substituents is 3. The Hall–Kier alpha value is -2.73. The zero-order valence-electron chi connectivity index (χ0n) is 12.6. The van der Waals surface area contributed by atoms with Crippen LogP contribution in [0.1, 0.15) is 24.7 Å². The first-order chi connectivity index (χ1) is 10.7. The van der Waals surface area contributed by atoms with Crippen LogP contribution in [0.5, 0.6) is 23.0 Å². The standard InChI is InChI=1S/C15H12O6/c16-8-3-1-7(2-4-8)15-14(20)13(19)12-10(18)5-9(17)6-11(12)21-15/h1-6,14-18,20H/i14D,15D. The molecular formula is C15H12O6. The van der Waals surface area contributed by atoms with E-state index in [-0.39, 0.29) is 17.1 Å². The largest absolute Gasteiger partial charge is 0.508 e. The first kappa shape index (κ1) is 11.0. The van der Waals surface area contributed by atoms with Crippen molar-refractivity contribution < 1.29 is 32.7 Å². The van der Waals surface area contributed by atoms with Crippen LogP contribution in [0, 0.1) is 0 Å². The van der Waals surface area contributed by atoms with Crippen LogP contribution in [0.25, 0.3) is 0 Å². The number of benzene rings is 2. The number of Topliss-reactive ketones (excluding diaryl/α,β-unsaturated/α-hetero) is 1. The second-order valence-corrected chi connectivity index (χ2v) is 4.49. The van der Waals surface area contributed by atoms with Gasteiger partial charge in [-0.25, -0.2) is 0 Å². The summed E-state index contributed by atoms with van der Waals surface area (Å²) in [7, 11) is 0. The lowest BCUT2D eigenvalue weighted by atomic mass is 9.93. The minimum atomic E-state index is -3.05. The van der Waals surface area contributed by atoms with Crippen molar-refractivity contribution in [2.24, 2.45) is 0 Å². The topological polar surface area (TPSA) is 107 Å². The van der Waals surface area contributed by atoms with E-state index in [0.29, 0.717) is 0 Å². The first-order valence-electron chi connectivity index (χ1n) is 6.98. The van der Waals surface area contributed by atoms with Crippen molar-refractivity contribution >= 4 is 5.78 Å². The van der Waals surface area contributed by atoms with Gasteiger partial charge in [0.2, 0.25) is 5.78 Å². The van der Waals surface area contributed by atoms with Crippen molar-refractivity contribution in [3.05, 3.63) is 47.5 Å². The molecule has 0 fully saturated rings. The quantitative estimate of drug-likeness (QED) is 0.633. The normalized spacial score (nSPS) is 29.1. The second-order valence-electron chi connectivity index (χ2n) is 4.49. The molecule has 2 aromatic carbocycles. The van der Waals surface area contributed by atoms with Gasteiger partial charge in [-0.3, -0.25) is 4.79 Å². The van der Waals surface area contributed by atoms with E-state index in [0.717, 1.165) is 12.1 Å². The maximum atomic E-state index is 12.4. The minimum absolute atomic E-state index is 0.0605. The molecule has 21 heavy (non-hydrogen) atoms. The van der Waals surface area contributed by atoms with Gasteiger partial charge >= 0.3 is 0 Å². The number of phenols is 3. The molecule has 0 spiro atoms. The SMILES string of the molecule is [2H]C1(O)C(=O)c2c(O)cc(O)cc2OC1([2H])c1ccc(O)cc1. The molecule has 3 rings (SSSR count). The van der Waals surface area contributed by atoms with Crippen LogP contribution >= 0.6 is 0 Å². The maximum Gasteiger partial charge on any atom is 0.202 e. The van der Waals surface area contributed by atoms with Crippen LogP contribution in [0.4, 0.5) is 0 Å². The molecule has 4 N–H and O–H groups in total. The molecular weight excluding hydrogens is 276 g/mol. The van der Waals surface area contributed by atoms with E-state index in [1.165, 1.54) is 24.3 Å². The van der Waals surface area contributed by atoms with E-state index in [4.69, 9.17) is 7.48 Å². The van der Waals surface area contributed by atoms with Gasteiger partial charge in [-0.05, 0) is 17.7 Å². The van der Waals surface area contributed by atoms with Crippen molar-refractivity contribution in [2.45, 2.75) is 12.2 Å². The highest BCUT2D eigenvalue weighted by atomic mass is 16.5. The van der Waals surface area contributed by atoms with E-state index in [1.54, 1.807) is 0 Å². The van der Waals surface area contributed by atoms with Crippen molar-refractivity contribution in [3.8, 4) is 23.0 Å². The predicted octanol–water partition coefficient (Wildman–Crippen LogP) is 1.48. The van der Waals surface area contributed by atoms with Gasteiger partial charge in [-0.1, -0.05) is 12.1 Å². The third-order valence-corrected chi connectivity index (χ3v) is 3.06. The van der Waals surface area contributed by atoms with Crippen molar-refractivity contribution in [2.75, 3.05) is 0 Å². The highest BCUT2D eigenvalue weighted by molar-refractivity contribution is 6.05. The Labute approximate surface area is 122 Å². The van der Waals surface area contributed by atoms with E-state index < -0.39 is 35.0 Å². The fraction of sp³-hybridized carbons (Fsp3) is 0.133. The lowest BCUT2D eigenvalue weighted by Gasteiger charge is -2.30. The number of aromatic hydroxyl groups is 3. The number of hydrogen-bond acceptors (Lipinski definition) is 6. The summed E-state index contributed by atoms with van der Waals surface area (Å²) in [5, 5.41) is 38.9. The predicted molar refractivity (Wildman–Crippen MR) is 71.6 cm³/mol. The van der Waals surface area contributed by atoms with E-state index in [1.807, 2.05) is 0 Å². The molecule has 0 bridgehead atoms. The maximum absolute atomic E-state index is 12.4. The molecule has 0 aliphatic carbocycles. The Balaban J connectivity index is 2.23. The number of carbonyl (C=O) groups excluding carboxylic acids is 1. The second kappa shape index (κ2) is 4.68. The molecule has 0 saturated heterocycles. The van der Waals surface area contributed by atoms with Crippen LogP contribution in [0.15, 0.2) is 36.4 Å². The third-order valence-electron chi connectivity index (χ3n) is 3.06. The molecule has 108 valence electrons. The van der Waals surface area contributed by atoms with Gasteiger partial charge in [0.15, 0.2) is 12.2 Å². The molecule has 1 aliphatic rings. The van der Waals surface area contributed by atoms with Crippen molar-refractivity contribution in [3.63, 3.8) is 0 Å². The molecule has 0 radical (unpaired) electrons.